The molecule has 0 saturated heterocycles. The molecule has 0 atom stereocenters. The van der Waals surface area contributed by atoms with Gasteiger partial charge in [0.25, 0.3) is 0 Å². The Labute approximate surface area is 84.7 Å². The van der Waals surface area contributed by atoms with Crippen LogP contribution < -0.4 is 4.90 Å². The minimum absolute atomic E-state index is 1.17. The van der Waals surface area contributed by atoms with E-state index in [2.05, 4.69) is 29.2 Å². The number of anilines is 1. The Morgan fingerprint density at radius 1 is 1.15 bits per heavy atom. The maximum Gasteiger partial charge on any atom is 0.0361 e. The summed E-state index contributed by atoms with van der Waals surface area (Å²) in [5.74, 6) is 0. The van der Waals surface area contributed by atoms with Gasteiger partial charge in [0.15, 0.2) is 0 Å². The van der Waals surface area contributed by atoms with Gasteiger partial charge in [-0.1, -0.05) is 36.5 Å². The Kier molecular flexibility index (Phi) is 3.65. The van der Waals surface area contributed by atoms with Gasteiger partial charge >= 0.3 is 0 Å². The number of benzene rings is 1. The quantitative estimate of drug-likeness (QED) is 0.534. The molecule has 0 heterocycles. The van der Waals surface area contributed by atoms with E-state index < -0.39 is 0 Å². The molecule has 1 rings (SSSR count). The van der Waals surface area contributed by atoms with Gasteiger partial charge in [-0.25, -0.2) is 0 Å². The fraction of sp³-hybridized carbons (Fsp3) is 0.182. The molecule has 13 heavy (non-hydrogen) atoms. The third kappa shape index (κ3) is 2.99. The highest BCUT2D eigenvalue weighted by Gasteiger charge is 1.92. The van der Waals surface area contributed by atoms with E-state index >= 15 is 0 Å². The van der Waals surface area contributed by atoms with Crippen LogP contribution in [0.1, 0.15) is 5.56 Å². The van der Waals surface area contributed by atoms with E-state index in [1.54, 1.807) is 5.37 Å². The summed E-state index contributed by atoms with van der Waals surface area (Å²) in [6, 6.07) is 8.32. The van der Waals surface area contributed by atoms with Gasteiger partial charge in [-0.05, 0) is 17.7 Å². The second-order valence-electron chi connectivity index (χ2n) is 2.98. The molecule has 0 unspecified atom stereocenters. The average Bonchev–Trinajstić information content (AvgIpc) is 2.15. The summed E-state index contributed by atoms with van der Waals surface area (Å²) in [6.07, 6.45) is 3.85. The lowest BCUT2D eigenvalue weighted by atomic mass is 10.2. The van der Waals surface area contributed by atoms with Crippen molar-refractivity contribution in [1.29, 1.82) is 0 Å². The Morgan fingerprint density at radius 3 is 2.23 bits per heavy atom. The van der Waals surface area contributed by atoms with Gasteiger partial charge in [-0.15, -0.1) is 0 Å². The monoisotopic (exact) mass is 191 g/mol. The van der Waals surface area contributed by atoms with Crippen molar-refractivity contribution in [3.63, 3.8) is 0 Å². The number of allylic oxidation sites excluding steroid dienone is 1. The molecule has 0 spiro atoms. The Bertz CT molecular complexity index is 298. The van der Waals surface area contributed by atoms with Crippen molar-refractivity contribution in [2.75, 3.05) is 19.0 Å². The van der Waals surface area contributed by atoms with E-state index in [-0.39, 0.29) is 0 Å². The van der Waals surface area contributed by atoms with Gasteiger partial charge in [0.05, 0.1) is 0 Å². The summed E-state index contributed by atoms with van der Waals surface area (Å²) in [4.78, 5) is 2.08. The minimum Gasteiger partial charge on any atom is -0.378 e. The van der Waals surface area contributed by atoms with Gasteiger partial charge in [-0.2, -0.15) is 0 Å². The molecular weight excluding hydrogens is 178 g/mol. The van der Waals surface area contributed by atoms with Crippen molar-refractivity contribution in [2.45, 2.75) is 0 Å². The number of nitrogens with zero attached hydrogens (tertiary/aromatic N) is 1. The predicted molar refractivity (Wildman–Crippen MR) is 63.5 cm³/mol. The second-order valence-corrected chi connectivity index (χ2v) is 3.25. The Hall–Kier alpha value is -1.15. The normalized spacial score (nSPS) is 10.3. The molecule has 1 nitrogen and oxygen atoms in total. The first-order valence-corrected chi connectivity index (χ1v) is 4.60. The maximum absolute atomic E-state index is 4.70. The summed E-state index contributed by atoms with van der Waals surface area (Å²) < 4.78 is 0. The molecule has 0 saturated carbocycles. The van der Waals surface area contributed by atoms with Crippen molar-refractivity contribution in [3.8, 4) is 0 Å². The molecule has 0 fully saturated rings. The van der Waals surface area contributed by atoms with Crippen molar-refractivity contribution in [3.05, 3.63) is 35.9 Å². The van der Waals surface area contributed by atoms with Crippen LogP contribution in [-0.4, -0.2) is 19.5 Å². The summed E-state index contributed by atoms with van der Waals surface area (Å²) in [7, 11) is 4.06. The lowest BCUT2D eigenvalue weighted by molar-refractivity contribution is 1.13. The van der Waals surface area contributed by atoms with Crippen LogP contribution in [0.15, 0.2) is 30.3 Å². The first-order chi connectivity index (χ1) is 6.24. The van der Waals surface area contributed by atoms with E-state index in [0.29, 0.717) is 0 Å². The van der Waals surface area contributed by atoms with Crippen LogP contribution in [0.3, 0.4) is 0 Å². The van der Waals surface area contributed by atoms with E-state index in [0.717, 1.165) is 0 Å². The van der Waals surface area contributed by atoms with Crippen LogP contribution in [-0.2, 0) is 0 Å². The number of thiocarbonyl (C=S) groups is 1. The summed E-state index contributed by atoms with van der Waals surface area (Å²) in [5.41, 5.74) is 2.38. The molecule has 0 N–H and O–H groups in total. The lowest BCUT2D eigenvalue weighted by Crippen LogP contribution is -2.07. The highest BCUT2D eigenvalue weighted by atomic mass is 32.1. The predicted octanol–water partition coefficient (Wildman–Crippen LogP) is 2.77. The summed E-state index contributed by atoms with van der Waals surface area (Å²) in [5, 5.41) is 1.61. The average molecular weight is 191 g/mol. The topological polar surface area (TPSA) is 3.24 Å². The highest BCUT2D eigenvalue weighted by molar-refractivity contribution is 7.79. The smallest absolute Gasteiger partial charge is 0.0361 e. The first-order valence-electron chi connectivity index (χ1n) is 4.13. The van der Waals surface area contributed by atoms with E-state index in [1.807, 2.05) is 26.2 Å². The van der Waals surface area contributed by atoms with Crippen molar-refractivity contribution < 1.29 is 0 Å². The molecule has 0 aliphatic carbocycles. The summed E-state index contributed by atoms with van der Waals surface area (Å²) >= 11 is 4.70. The maximum atomic E-state index is 4.70. The van der Waals surface area contributed by atoms with Gasteiger partial charge in [-0.3, -0.25) is 0 Å². The molecule has 68 valence electrons. The first kappa shape index (κ1) is 9.93. The van der Waals surface area contributed by atoms with Gasteiger partial charge in [0.1, 0.15) is 0 Å². The third-order valence-electron chi connectivity index (χ3n) is 1.78. The van der Waals surface area contributed by atoms with Crippen LogP contribution >= 0.6 is 12.2 Å². The number of hydrogen-bond donors (Lipinski definition) is 0. The van der Waals surface area contributed by atoms with E-state index in [1.165, 1.54) is 11.3 Å². The molecule has 0 bridgehead atoms. The molecule has 0 aliphatic heterocycles. The molecule has 1 aromatic rings. The lowest BCUT2D eigenvalue weighted by Gasteiger charge is -2.11. The van der Waals surface area contributed by atoms with Crippen molar-refractivity contribution >= 4 is 29.3 Å². The second kappa shape index (κ2) is 4.77. The van der Waals surface area contributed by atoms with Crippen LogP contribution in [0.4, 0.5) is 5.69 Å². The molecule has 0 amide bonds. The largest absolute Gasteiger partial charge is 0.378 e. The van der Waals surface area contributed by atoms with E-state index in [9.17, 15) is 0 Å². The fourth-order valence-electron chi connectivity index (χ4n) is 1.03. The highest BCUT2D eigenvalue weighted by Crippen LogP contribution is 2.12. The molecule has 1 aromatic carbocycles. The zero-order valence-corrected chi connectivity index (χ0v) is 8.71. The molecule has 2 heteroatoms. The Balaban J connectivity index is 2.81. The summed E-state index contributed by atoms with van der Waals surface area (Å²) in [6.45, 7) is 0. The number of rotatable bonds is 3. The van der Waals surface area contributed by atoms with E-state index in [4.69, 9.17) is 12.2 Å². The fourth-order valence-corrected chi connectivity index (χ4v) is 1.11. The van der Waals surface area contributed by atoms with Gasteiger partial charge in [0.2, 0.25) is 0 Å². The minimum atomic E-state index is 1.17. The Morgan fingerprint density at radius 2 is 1.77 bits per heavy atom. The molecule has 0 aromatic heterocycles. The van der Waals surface area contributed by atoms with Crippen LogP contribution in [0.2, 0.25) is 0 Å². The van der Waals surface area contributed by atoms with Crippen molar-refractivity contribution in [2.24, 2.45) is 0 Å². The van der Waals surface area contributed by atoms with Crippen molar-refractivity contribution in [1.82, 2.24) is 0 Å². The van der Waals surface area contributed by atoms with Crippen LogP contribution in [0, 0.1) is 0 Å². The standard InChI is InChI=1S/C11H13NS/c1-12(2)11-7-5-10(6-8-11)4-3-9-13/h3-9H,1-2H3/b4-3+. The third-order valence-corrected chi connectivity index (χ3v) is 1.93. The SMILES string of the molecule is CN(C)c1ccc(/C=C/C=S)cc1. The van der Waals surface area contributed by atoms with Crippen LogP contribution in [0.25, 0.3) is 6.08 Å². The molecule has 0 radical (unpaired) electrons. The zero-order valence-electron chi connectivity index (χ0n) is 7.90. The van der Waals surface area contributed by atoms with Crippen LogP contribution in [0.5, 0.6) is 0 Å². The zero-order chi connectivity index (χ0) is 9.68. The van der Waals surface area contributed by atoms with Gasteiger partial charge < -0.3 is 4.90 Å². The van der Waals surface area contributed by atoms with Gasteiger partial charge in [0, 0.05) is 25.2 Å². The molecular formula is C11H13NS. The number of hydrogen-bond acceptors (Lipinski definition) is 2. The molecule has 0 aliphatic rings.